The number of Topliss-reactive ketones (excluding diaryl/α,β-unsaturated/α-hetero) is 3. The molecule has 0 saturated carbocycles. The lowest BCUT2D eigenvalue weighted by atomic mass is 9.90. The molecule has 0 saturated heterocycles. The van der Waals surface area contributed by atoms with Gasteiger partial charge in [-0.05, 0) is 23.4 Å². The monoisotopic (exact) mass is 248 g/mol. The van der Waals surface area contributed by atoms with Gasteiger partial charge in [0, 0.05) is 16.9 Å². The summed E-state index contributed by atoms with van der Waals surface area (Å²) in [6.45, 7) is 3.81. The minimum atomic E-state index is -0.665. The van der Waals surface area contributed by atoms with Crippen LogP contribution >= 0.6 is 11.3 Å². The standard InChI is InChI=1S/C13H12O3S/c1-7(2)5-10(14)9-6-11-8(3-4-17-11)12(15)13(9)16/h3-4,6-7H,5H2,1-2H3. The molecule has 88 valence electrons. The van der Waals surface area contributed by atoms with Crippen molar-refractivity contribution in [1.82, 2.24) is 0 Å². The summed E-state index contributed by atoms with van der Waals surface area (Å²) in [6, 6.07) is 1.63. The van der Waals surface area contributed by atoms with E-state index in [0.717, 1.165) is 0 Å². The van der Waals surface area contributed by atoms with Crippen LogP contribution in [-0.4, -0.2) is 17.3 Å². The molecular formula is C13H12O3S. The molecule has 0 aliphatic heterocycles. The Morgan fingerprint density at radius 1 is 1.29 bits per heavy atom. The quantitative estimate of drug-likeness (QED) is 0.610. The van der Waals surface area contributed by atoms with Gasteiger partial charge in [0.25, 0.3) is 0 Å². The third kappa shape index (κ3) is 2.13. The molecule has 2 rings (SSSR count). The van der Waals surface area contributed by atoms with E-state index in [2.05, 4.69) is 0 Å². The molecule has 1 aromatic heterocycles. The van der Waals surface area contributed by atoms with Gasteiger partial charge in [-0.25, -0.2) is 0 Å². The predicted octanol–water partition coefficient (Wildman–Crippen LogP) is 2.51. The lowest BCUT2D eigenvalue weighted by Gasteiger charge is -2.11. The first kappa shape index (κ1) is 11.9. The normalized spacial score (nSPS) is 14.9. The van der Waals surface area contributed by atoms with E-state index >= 15 is 0 Å². The number of thiophene rings is 1. The fourth-order valence-corrected chi connectivity index (χ4v) is 2.57. The predicted molar refractivity (Wildman–Crippen MR) is 66.1 cm³/mol. The Bertz CT molecular complexity index is 535. The van der Waals surface area contributed by atoms with Gasteiger partial charge in [0.1, 0.15) is 0 Å². The molecule has 1 aliphatic carbocycles. The van der Waals surface area contributed by atoms with Gasteiger partial charge in [-0.1, -0.05) is 13.8 Å². The highest BCUT2D eigenvalue weighted by atomic mass is 32.1. The zero-order valence-corrected chi connectivity index (χ0v) is 10.5. The second-order valence-corrected chi connectivity index (χ2v) is 5.38. The highest BCUT2D eigenvalue weighted by Crippen LogP contribution is 2.27. The van der Waals surface area contributed by atoms with Crippen LogP contribution in [0.3, 0.4) is 0 Å². The van der Waals surface area contributed by atoms with Crippen molar-refractivity contribution in [3.8, 4) is 0 Å². The second kappa shape index (κ2) is 4.37. The summed E-state index contributed by atoms with van der Waals surface area (Å²) in [5.41, 5.74) is 0.458. The van der Waals surface area contributed by atoms with Gasteiger partial charge < -0.3 is 0 Å². The fraction of sp³-hybridized carbons (Fsp3) is 0.308. The van der Waals surface area contributed by atoms with Gasteiger partial charge in [-0.15, -0.1) is 11.3 Å². The molecular weight excluding hydrogens is 236 g/mol. The third-order valence-electron chi connectivity index (χ3n) is 2.56. The van der Waals surface area contributed by atoms with Crippen molar-refractivity contribution in [2.75, 3.05) is 0 Å². The SMILES string of the molecule is CC(C)CC(=O)C1=Cc2sccc2C(=O)C1=O. The van der Waals surface area contributed by atoms with E-state index in [1.807, 2.05) is 13.8 Å². The van der Waals surface area contributed by atoms with E-state index in [0.29, 0.717) is 16.9 Å². The maximum absolute atomic E-state index is 11.9. The summed E-state index contributed by atoms with van der Waals surface area (Å²) in [4.78, 5) is 36.1. The van der Waals surface area contributed by atoms with Gasteiger partial charge in [0.15, 0.2) is 5.78 Å². The first-order valence-corrected chi connectivity index (χ1v) is 6.30. The summed E-state index contributed by atoms with van der Waals surface area (Å²) in [5, 5.41) is 1.75. The molecule has 0 unspecified atom stereocenters. The summed E-state index contributed by atoms with van der Waals surface area (Å²) in [6.07, 6.45) is 1.85. The zero-order valence-electron chi connectivity index (χ0n) is 9.65. The van der Waals surface area contributed by atoms with E-state index in [-0.39, 0.29) is 17.3 Å². The molecule has 4 heteroatoms. The molecule has 1 heterocycles. The van der Waals surface area contributed by atoms with E-state index in [4.69, 9.17) is 0 Å². The first-order valence-electron chi connectivity index (χ1n) is 5.42. The van der Waals surface area contributed by atoms with Crippen LogP contribution in [0.25, 0.3) is 6.08 Å². The Kier molecular flexibility index (Phi) is 3.07. The van der Waals surface area contributed by atoms with Crippen LogP contribution in [0, 0.1) is 5.92 Å². The minimum Gasteiger partial charge on any atom is -0.294 e. The minimum absolute atomic E-state index is 0.0404. The lowest BCUT2D eigenvalue weighted by Crippen LogP contribution is -2.25. The summed E-state index contributed by atoms with van der Waals surface area (Å²) >= 11 is 1.37. The highest BCUT2D eigenvalue weighted by molar-refractivity contribution is 7.11. The number of rotatable bonds is 3. The number of hydrogen-bond acceptors (Lipinski definition) is 4. The number of allylic oxidation sites excluding steroid dienone is 1. The molecule has 1 aromatic rings. The molecule has 0 spiro atoms. The van der Waals surface area contributed by atoms with Crippen LogP contribution in [0.15, 0.2) is 17.0 Å². The number of carbonyl (C=O) groups excluding carboxylic acids is 3. The summed E-state index contributed by atoms with van der Waals surface area (Å²) in [7, 11) is 0. The van der Waals surface area contributed by atoms with Crippen LogP contribution in [0.4, 0.5) is 0 Å². The molecule has 0 N–H and O–H groups in total. The summed E-state index contributed by atoms with van der Waals surface area (Å²) in [5.74, 6) is -1.29. The lowest BCUT2D eigenvalue weighted by molar-refractivity contribution is -0.120. The van der Waals surface area contributed by atoms with Gasteiger partial charge in [0.2, 0.25) is 11.6 Å². The van der Waals surface area contributed by atoms with Crippen LogP contribution in [-0.2, 0) is 9.59 Å². The Hall–Kier alpha value is -1.55. The van der Waals surface area contributed by atoms with Gasteiger partial charge >= 0.3 is 0 Å². The van der Waals surface area contributed by atoms with Crippen molar-refractivity contribution in [1.29, 1.82) is 0 Å². The molecule has 17 heavy (non-hydrogen) atoms. The van der Waals surface area contributed by atoms with E-state index < -0.39 is 11.6 Å². The molecule has 0 fully saturated rings. The maximum Gasteiger partial charge on any atom is 0.237 e. The Morgan fingerprint density at radius 3 is 2.65 bits per heavy atom. The average Bonchev–Trinajstić information content (AvgIpc) is 2.70. The number of ketones is 3. The van der Waals surface area contributed by atoms with Gasteiger partial charge in [-0.3, -0.25) is 14.4 Å². The van der Waals surface area contributed by atoms with E-state index in [1.54, 1.807) is 17.5 Å². The van der Waals surface area contributed by atoms with Crippen LogP contribution in [0.1, 0.15) is 35.5 Å². The molecule has 3 nitrogen and oxygen atoms in total. The zero-order chi connectivity index (χ0) is 12.6. The number of carbonyl (C=O) groups is 3. The smallest absolute Gasteiger partial charge is 0.237 e. The molecule has 0 amide bonds. The van der Waals surface area contributed by atoms with E-state index in [1.165, 1.54) is 11.3 Å². The molecule has 1 aliphatic rings. The van der Waals surface area contributed by atoms with Crippen molar-refractivity contribution in [3.63, 3.8) is 0 Å². The Balaban J connectivity index is 2.39. The molecule has 0 aromatic carbocycles. The number of fused-ring (bicyclic) bond motifs is 1. The fourth-order valence-electron chi connectivity index (χ4n) is 1.75. The third-order valence-corrected chi connectivity index (χ3v) is 3.42. The van der Waals surface area contributed by atoms with Crippen molar-refractivity contribution < 1.29 is 14.4 Å². The first-order chi connectivity index (χ1) is 8.00. The Labute approximate surface area is 103 Å². The largest absolute Gasteiger partial charge is 0.294 e. The van der Waals surface area contributed by atoms with Crippen LogP contribution in [0.5, 0.6) is 0 Å². The van der Waals surface area contributed by atoms with Crippen molar-refractivity contribution >= 4 is 34.8 Å². The maximum atomic E-state index is 11.9. The molecule has 0 bridgehead atoms. The number of hydrogen-bond donors (Lipinski definition) is 0. The topological polar surface area (TPSA) is 51.2 Å². The van der Waals surface area contributed by atoms with Crippen LogP contribution < -0.4 is 0 Å². The van der Waals surface area contributed by atoms with E-state index in [9.17, 15) is 14.4 Å². The van der Waals surface area contributed by atoms with Crippen molar-refractivity contribution in [2.24, 2.45) is 5.92 Å². The highest BCUT2D eigenvalue weighted by Gasteiger charge is 2.31. The Morgan fingerprint density at radius 2 is 2.00 bits per heavy atom. The average molecular weight is 248 g/mol. The van der Waals surface area contributed by atoms with Gasteiger partial charge in [-0.2, -0.15) is 0 Å². The molecule has 0 radical (unpaired) electrons. The second-order valence-electron chi connectivity index (χ2n) is 4.44. The van der Waals surface area contributed by atoms with Gasteiger partial charge in [0.05, 0.1) is 5.57 Å². The summed E-state index contributed by atoms with van der Waals surface area (Å²) < 4.78 is 0. The van der Waals surface area contributed by atoms with Crippen molar-refractivity contribution in [2.45, 2.75) is 20.3 Å². The van der Waals surface area contributed by atoms with Crippen molar-refractivity contribution in [3.05, 3.63) is 27.5 Å². The van der Waals surface area contributed by atoms with Crippen LogP contribution in [0.2, 0.25) is 0 Å². The molecule has 0 atom stereocenters.